The van der Waals surface area contributed by atoms with Crippen molar-refractivity contribution >= 4 is 23.7 Å². The Labute approximate surface area is 198 Å². The van der Waals surface area contributed by atoms with Crippen LogP contribution >= 0.6 is 0 Å². The summed E-state index contributed by atoms with van der Waals surface area (Å²) in [6.45, 7) is 3.60. The summed E-state index contributed by atoms with van der Waals surface area (Å²) in [6.07, 6.45) is 3.44. The molecule has 6 heteroatoms. The Morgan fingerprint density at radius 3 is 2.12 bits per heavy atom. The molecule has 0 spiro atoms. The minimum Gasteiger partial charge on any atom is -0.507 e. The van der Waals surface area contributed by atoms with E-state index in [2.05, 4.69) is 5.32 Å². The Kier molecular flexibility index (Phi) is 7.98. The highest BCUT2D eigenvalue weighted by molar-refractivity contribution is 6.07. The van der Waals surface area contributed by atoms with Crippen LogP contribution in [0.2, 0.25) is 0 Å². The predicted molar refractivity (Wildman–Crippen MR) is 131 cm³/mol. The molecule has 1 amide bonds. The van der Waals surface area contributed by atoms with Crippen LogP contribution in [-0.2, 0) is 16.0 Å². The van der Waals surface area contributed by atoms with Crippen molar-refractivity contribution in [1.82, 2.24) is 5.32 Å². The van der Waals surface area contributed by atoms with E-state index >= 15 is 0 Å². The van der Waals surface area contributed by atoms with E-state index in [9.17, 15) is 19.5 Å². The molecular weight excluding hydrogens is 430 g/mol. The molecule has 0 bridgehead atoms. The molecule has 0 aliphatic heterocycles. The van der Waals surface area contributed by atoms with Gasteiger partial charge in [0.1, 0.15) is 11.8 Å². The molecule has 0 heterocycles. The molecule has 3 rings (SSSR count). The number of aryl methyl sites for hydroxylation is 2. The molecule has 0 aliphatic carbocycles. The summed E-state index contributed by atoms with van der Waals surface area (Å²) in [5, 5.41) is 12.6. The molecule has 6 nitrogen and oxygen atoms in total. The second-order valence-electron chi connectivity index (χ2n) is 8.02. The molecule has 0 fully saturated rings. The van der Waals surface area contributed by atoms with Gasteiger partial charge in [0, 0.05) is 17.5 Å². The van der Waals surface area contributed by atoms with Crippen LogP contribution in [0.15, 0.2) is 72.8 Å². The molecule has 3 aromatic carbocycles. The summed E-state index contributed by atoms with van der Waals surface area (Å²) in [6, 6.07) is 18.3. The van der Waals surface area contributed by atoms with Gasteiger partial charge in [-0.2, -0.15) is 0 Å². The molecule has 0 radical (unpaired) electrons. The van der Waals surface area contributed by atoms with Gasteiger partial charge in [-0.25, -0.2) is 4.79 Å². The van der Waals surface area contributed by atoms with E-state index in [-0.39, 0.29) is 11.5 Å². The third-order valence-corrected chi connectivity index (χ3v) is 5.45. The van der Waals surface area contributed by atoms with E-state index in [0.717, 1.165) is 22.3 Å². The summed E-state index contributed by atoms with van der Waals surface area (Å²) in [5.41, 5.74) is 3.93. The van der Waals surface area contributed by atoms with E-state index in [4.69, 9.17) is 4.74 Å². The third-order valence-electron chi connectivity index (χ3n) is 5.45. The van der Waals surface area contributed by atoms with E-state index in [1.165, 1.54) is 13.2 Å². The lowest BCUT2D eigenvalue weighted by Gasteiger charge is -2.16. The Morgan fingerprint density at radius 1 is 0.941 bits per heavy atom. The van der Waals surface area contributed by atoms with Crippen LogP contribution in [0.25, 0.3) is 6.08 Å². The summed E-state index contributed by atoms with van der Waals surface area (Å²) < 4.78 is 4.84. The van der Waals surface area contributed by atoms with Gasteiger partial charge in [0.25, 0.3) is 5.91 Å². The molecule has 3 aromatic rings. The van der Waals surface area contributed by atoms with Crippen LogP contribution in [0.4, 0.5) is 0 Å². The Morgan fingerprint density at radius 2 is 1.53 bits per heavy atom. The highest BCUT2D eigenvalue weighted by atomic mass is 16.5. The van der Waals surface area contributed by atoms with Crippen LogP contribution < -0.4 is 5.32 Å². The van der Waals surface area contributed by atoms with Crippen LogP contribution in [0.1, 0.15) is 43.0 Å². The Balaban J connectivity index is 1.68. The molecule has 2 N–H and O–H groups in total. The van der Waals surface area contributed by atoms with Gasteiger partial charge in [-0.15, -0.1) is 0 Å². The monoisotopic (exact) mass is 457 g/mol. The molecule has 1 atom stereocenters. The number of esters is 1. The van der Waals surface area contributed by atoms with Crippen molar-refractivity contribution in [3.8, 4) is 5.75 Å². The number of ether oxygens (including phenoxy) is 1. The largest absolute Gasteiger partial charge is 0.507 e. The number of hydrogen-bond acceptors (Lipinski definition) is 5. The van der Waals surface area contributed by atoms with Crippen LogP contribution in [0, 0.1) is 13.8 Å². The molecule has 0 aliphatic rings. The van der Waals surface area contributed by atoms with E-state index in [1.54, 1.807) is 56.3 Å². The SMILES string of the molecule is COC(=O)[C@H](Cc1ccccc1)NC(=O)c1ccc(C(=O)/C=C/c2cc(C)c(O)c(C)c2)cc1. The number of benzene rings is 3. The van der Waals surface area contributed by atoms with Crippen molar-refractivity contribution in [1.29, 1.82) is 0 Å². The number of carbonyl (C=O) groups is 3. The number of allylic oxidation sites excluding steroid dienone is 1. The smallest absolute Gasteiger partial charge is 0.328 e. The van der Waals surface area contributed by atoms with Gasteiger partial charge in [-0.1, -0.05) is 48.5 Å². The number of aromatic hydroxyl groups is 1. The van der Waals surface area contributed by atoms with Crippen molar-refractivity contribution in [2.75, 3.05) is 7.11 Å². The minimum absolute atomic E-state index is 0.216. The van der Waals surface area contributed by atoms with Gasteiger partial charge in [0.15, 0.2) is 5.78 Å². The number of methoxy groups -OCH3 is 1. The standard InChI is InChI=1S/C28H27NO5/c1-18-15-21(16-19(2)26(18)31)9-14-25(30)22-10-12-23(13-11-22)27(32)29-24(28(33)34-3)17-20-7-5-4-6-8-20/h4-16,24,31H,17H2,1-3H3,(H,29,32)/b14-9+/t24-/m0/s1. The highest BCUT2D eigenvalue weighted by Gasteiger charge is 2.22. The maximum Gasteiger partial charge on any atom is 0.328 e. The van der Waals surface area contributed by atoms with Gasteiger partial charge in [-0.3, -0.25) is 9.59 Å². The highest BCUT2D eigenvalue weighted by Crippen LogP contribution is 2.23. The lowest BCUT2D eigenvalue weighted by molar-refractivity contribution is -0.142. The molecule has 34 heavy (non-hydrogen) atoms. The van der Waals surface area contributed by atoms with Crippen molar-refractivity contribution in [3.05, 3.63) is 106 Å². The van der Waals surface area contributed by atoms with Gasteiger partial charge in [-0.05, 0) is 66.4 Å². The van der Waals surface area contributed by atoms with Gasteiger partial charge >= 0.3 is 5.97 Å². The lowest BCUT2D eigenvalue weighted by atomic mass is 10.0. The summed E-state index contributed by atoms with van der Waals surface area (Å²) >= 11 is 0. The zero-order chi connectivity index (χ0) is 24.7. The van der Waals surface area contributed by atoms with Crippen molar-refractivity contribution in [2.24, 2.45) is 0 Å². The van der Waals surface area contributed by atoms with E-state index in [0.29, 0.717) is 17.5 Å². The Bertz CT molecular complexity index is 1190. The molecule has 0 saturated carbocycles. The Hall–Kier alpha value is -4.19. The number of phenols is 1. The quantitative estimate of drug-likeness (QED) is 0.297. The summed E-state index contributed by atoms with van der Waals surface area (Å²) in [7, 11) is 1.28. The molecular formula is C28H27NO5. The zero-order valence-electron chi connectivity index (χ0n) is 19.4. The number of rotatable bonds is 8. The molecule has 0 unspecified atom stereocenters. The predicted octanol–water partition coefficient (Wildman–Crippen LogP) is 4.42. The zero-order valence-corrected chi connectivity index (χ0v) is 19.4. The van der Waals surface area contributed by atoms with Crippen molar-refractivity contribution < 1.29 is 24.2 Å². The first kappa shape index (κ1) is 24.5. The molecule has 174 valence electrons. The van der Waals surface area contributed by atoms with Crippen LogP contribution in [0.5, 0.6) is 5.75 Å². The third kappa shape index (κ3) is 6.19. The van der Waals surface area contributed by atoms with Gasteiger partial charge in [0.05, 0.1) is 7.11 Å². The summed E-state index contributed by atoms with van der Waals surface area (Å²) in [4.78, 5) is 37.4. The average molecular weight is 458 g/mol. The minimum atomic E-state index is -0.832. The van der Waals surface area contributed by atoms with E-state index in [1.807, 2.05) is 30.3 Å². The van der Waals surface area contributed by atoms with E-state index < -0.39 is 17.9 Å². The number of hydrogen-bond donors (Lipinski definition) is 2. The summed E-state index contributed by atoms with van der Waals surface area (Å²) in [5.74, 6) is -0.938. The van der Waals surface area contributed by atoms with Crippen molar-refractivity contribution in [3.63, 3.8) is 0 Å². The topological polar surface area (TPSA) is 92.7 Å². The lowest BCUT2D eigenvalue weighted by Crippen LogP contribution is -2.43. The van der Waals surface area contributed by atoms with Crippen molar-refractivity contribution in [2.45, 2.75) is 26.3 Å². The van der Waals surface area contributed by atoms with Gasteiger partial charge < -0.3 is 15.2 Å². The normalized spacial score (nSPS) is 11.7. The number of nitrogens with one attached hydrogen (secondary N) is 1. The number of phenolic OH excluding ortho intramolecular Hbond substituents is 1. The van der Waals surface area contributed by atoms with Crippen LogP contribution in [-0.4, -0.2) is 35.9 Å². The number of carbonyl (C=O) groups excluding carboxylic acids is 3. The first-order valence-corrected chi connectivity index (χ1v) is 10.8. The number of amides is 1. The van der Waals surface area contributed by atoms with Crippen LogP contribution in [0.3, 0.4) is 0 Å². The fourth-order valence-corrected chi connectivity index (χ4v) is 3.57. The average Bonchev–Trinajstić information content (AvgIpc) is 2.85. The number of ketones is 1. The second-order valence-corrected chi connectivity index (χ2v) is 8.02. The molecule has 0 aromatic heterocycles. The maximum atomic E-state index is 12.7. The fraction of sp³-hybridized carbons (Fsp3) is 0.179. The second kappa shape index (κ2) is 11.1. The maximum absolute atomic E-state index is 12.7. The van der Waals surface area contributed by atoms with Gasteiger partial charge in [0.2, 0.25) is 0 Å². The first-order chi connectivity index (χ1) is 16.3. The fourth-order valence-electron chi connectivity index (χ4n) is 3.57. The molecule has 0 saturated heterocycles. The first-order valence-electron chi connectivity index (χ1n) is 10.8.